The molecule has 109 heavy (non-hydrogen) atoms. The van der Waals surface area contributed by atoms with E-state index < -0.39 is 311 Å². The number of aliphatic hydroxyl groups excluding tert-OH is 16. The van der Waals surface area contributed by atoms with E-state index in [0.717, 1.165) is 0 Å². The van der Waals surface area contributed by atoms with Crippen molar-refractivity contribution in [2.24, 2.45) is 57.3 Å². The Balaban J connectivity index is 0.000000563. The standard InChI is InChI=1S/2C23H45N5O14.5H2O4S/c2*24-2-7-13(32)15(34)10(27)21(37-7)41-19-9(4-30)39-23(17(19)36)42-20-12(31)5(25)1-6(26)18(20)40-22-11(28)16(35)14(33)8(3-29)38-22;5*1-5(2,3)4/h2*5-23,29-36H,1-4,24-28H2;5*(H2,1,2,3,4)/t2*5-,6+,7+,8-,9-,10-,11-,12+,13-,14-,15-,16-,17-,18-,19-,20-,21-,22-,23+;;;;;/m11...../s1. The average Bonchev–Trinajstić information content (AvgIpc) is 1.77. The molecule has 0 radical (unpaired) electrons. The lowest BCUT2D eigenvalue weighted by Gasteiger charge is -2.47. The van der Waals surface area contributed by atoms with Crippen molar-refractivity contribution in [2.75, 3.05) is 39.5 Å². The second-order valence-electron chi connectivity index (χ2n) is 24.6. The Morgan fingerprint density at radius 3 is 0.642 bits per heavy atom. The van der Waals surface area contributed by atoms with E-state index in [1.54, 1.807) is 0 Å². The number of nitrogens with two attached hydrogens (primary N) is 10. The van der Waals surface area contributed by atoms with E-state index in [0.29, 0.717) is 0 Å². The van der Waals surface area contributed by atoms with Gasteiger partial charge in [0.1, 0.15) is 134 Å². The third-order valence-corrected chi connectivity index (χ3v) is 16.6. The predicted octanol–water partition coefficient (Wildman–Crippen LogP) is -21.0. The summed E-state index contributed by atoms with van der Waals surface area (Å²) in [6, 6.07) is -8.60. The van der Waals surface area contributed by atoms with Gasteiger partial charge in [-0.2, -0.15) is 42.1 Å². The summed E-state index contributed by atoms with van der Waals surface area (Å²) in [6.45, 7) is -2.97. The summed E-state index contributed by atoms with van der Waals surface area (Å²) in [5.41, 5.74) is 59.8. The molecule has 2 aliphatic carbocycles. The Hall–Kier alpha value is -2.17. The fraction of sp³-hybridized carbons (Fsp3) is 1.00. The summed E-state index contributed by atoms with van der Waals surface area (Å²) in [7, 11) is -23.3. The van der Waals surface area contributed by atoms with Crippen LogP contribution in [0.15, 0.2) is 0 Å². The Bertz CT molecular complexity index is 2910. The van der Waals surface area contributed by atoms with Crippen molar-refractivity contribution in [3.8, 4) is 0 Å². The highest BCUT2D eigenvalue weighted by Crippen LogP contribution is 2.37. The molecular formula is C46H100N10O48S5. The fourth-order valence-corrected chi connectivity index (χ4v) is 11.4. The zero-order chi connectivity index (χ0) is 84.6. The average molecular weight is 1720 g/mol. The quantitative estimate of drug-likeness (QED) is 0.0567. The van der Waals surface area contributed by atoms with Gasteiger partial charge in [0.2, 0.25) is 0 Å². The molecule has 38 atom stereocenters. The zero-order valence-corrected chi connectivity index (χ0v) is 60.1. The summed E-state index contributed by atoms with van der Waals surface area (Å²) in [4.78, 5) is 0. The number of hydrogen-bond donors (Lipinski definition) is 36. The minimum atomic E-state index is -4.67. The van der Waals surface area contributed by atoms with Gasteiger partial charge in [0.25, 0.3) is 0 Å². The molecule has 46 N–H and O–H groups in total. The minimum Gasteiger partial charge on any atom is -0.394 e. The summed E-state index contributed by atoms with van der Waals surface area (Å²) in [6.07, 6.45) is -41.0. The van der Waals surface area contributed by atoms with Crippen molar-refractivity contribution < 1.29 is 226 Å². The van der Waals surface area contributed by atoms with Crippen LogP contribution in [0.5, 0.6) is 0 Å². The van der Waals surface area contributed by atoms with Crippen LogP contribution in [-0.2, 0) is 109 Å². The molecule has 8 aliphatic rings. The molecule has 2 saturated carbocycles. The number of aliphatic hydroxyl groups is 16. The van der Waals surface area contributed by atoms with Gasteiger partial charge >= 0.3 is 52.0 Å². The third kappa shape index (κ3) is 33.0. The summed E-state index contributed by atoms with van der Waals surface area (Å²) < 4.78 is 227. The van der Waals surface area contributed by atoms with Crippen LogP contribution in [0.4, 0.5) is 0 Å². The van der Waals surface area contributed by atoms with Gasteiger partial charge < -0.3 is 196 Å². The van der Waals surface area contributed by atoms with E-state index in [4.69, 9.17) is 202 Å². The van der Waals surface area contributed by atoms with Gasteiger partial charge in [0.15, 0.2) is 37.7 Å². The maximum absolute atomic E-state index is 11.1. The fourth-order valence-electron chi connectivity index (χ4n) is 11.4. The van der Waals surface area contributed by atoms with E-state index in [1.807, 2.05) is 0 Å². The Labute approximate surface area is 618 Å². The lowest BCUT2D eigenvalue weighted by atomic mass is 9.84. The molecule has 0 spiro atoms. The molecule has 0 aromatic carbocycles. The van der Waals surface area contributed by atoms with Crippen LogP contribution in [-0.4, -0.2) is 441 Å². The SMILES string of the molecule is NC[C@@H]1O[C@H](O[C@H]2[C@@H](O)[C@H](O[C@@H]3[C@@H](O)[C@H](N)C[C@H](N)[C@H]3O[C@H]3O[C@H](CO)[C@@H](O)[C@H](O)[C@H]3N)O[C@@H]2CO)[C@H](N)[C@@H](O)[C@@H]1O.NC[C@@H]1O[C@H](O[C@H]2[C@@H](O)[C@H](O[C@@H]3[C@@H](O)[C@H](N)C[C@H](N)[C@H]3O[C@H]3O[C@H](CO)[C@@H](O)[C@H](O)[C@H]3N)O[C@@H]2CO)[C@H](N)[C@@H](O)[C@@H]1O.O=S(=O)(O)O.O=S(=O)(O)O.O=S(=O)(O)O.O=S(=O)(O)O.O=S(=O)(O)O. The van der Waals surface area contributed by atoms with Crippen molar-refractivity contribution in [2.45, 2.75) is 245 Å². The maximum atomic E-state index is 11.1. The minimum absolute atomic E-state index is 0.0642. The van der Waals surface area contributed by atoms with Crippen molar-refractivity contribution >= 4 is 52.0 Å². The smallest absolute Gasteiger partial charge is 0.394 e. The van der Waals surface area contributed by atoms with Crippen LogP contribution in [0.1, 0.15) is 12.8 Å². The van der Waals surface area contributed by atoms with Gasteiger partial charge in [-0.25, -0.2) is 0 Å². The van der Waals surface area contributed by atoms with Gasteiger partial charge in [0, 0.05) is 37.3 Å². The Morgan fingerprint density at radius 1 is 0.248 bits per heavy atom. The highest BCUT2D eigenvalue weighted by molar-refractivity contribution is 7.80. The number of ether oxygens (including phenoxy) is 12. The molecule has 6 heterocycles. The van der Waals surface area contributed by atoms with E-state index in [1.165, 1.54) is 0 Å². The van der Waals surface area contributed by atoms with E-state index in [-0.39, 0.29) is 25.9 Å². The van der Waals surface area contributed by atoms with Crippen LogP contribution < -0.4 is 57.3 Å². The second-order valence-corrected chi connectivity index (χ2v) is 29.1. The first-order chi connectivity index (χ1) is 49.7. The predicted molar refractivity (Wildman–Crippen MR) is 344 cm³/mol. The van der Waals surface area contributed by atoms with Gasteiger partial charge in [-0.1, -0.05) is 0 Å². The maximum Gasteiger partial charge on any atom is 0.394 e. The van der Waals surface area contributed by atoms with Crippen LogP contribution in [0, 0.1) is 0 Å². The first-order valence-corrected chi connectivity index (χ1v) is 38.1. The molecule has 6 saturated heterocycles. The first kappa shape index (κ1) is 103. The molecule has 652 valence electrons. The van der Waals surface area contributed by atoms with E-state index >= 15 is 0 Å². The molecule has 63 heteroatoms. The highest BCUT2D eigenvalue weighted by Gasteiger charge is 2.57. The van der Waals surface area contributed by atoms with E-state index in [9.17, 15) is 81.7 Å². The van der Waals surface area contributed by atoms with Gasteiger partial charge in [-0.05, 0) is 12.8 Å². The first-order valence-electron chi connectivity index (χ1n) is 31.1. The number of rotatable bonds is 18. The van der Waals surface area contributed by atoms with Gasteiger partial charge in [-0.15, -0.1) is 0 Å². The molecule has 0 aromatic heterocycles. The molecular weight excluding hydrogens is 1620 g/mol. The zero-order valence-electron chi connectivity index (χ0n) is 56.0. The molecule has 8 fully saturated rings. The van der Waals surface area contributed by atoms with Crippen molar-refractivity contribution in [3.05, 3.63) is 0 Å². The highest BCUT2D eigenvalue weighted by atomic mass is 32.3. The van der Waals surface area contributed by atoms with Crippen LogP contribution in [0.2, 0.25) is 0 Å². The number of hydrogen-bond acceptors (Lipinski definition) is 48. The largest absolute Gasteiger partial charge is 0.394 e. The Kier molecular flexibility index (Phi) is 41.9. The van der Waals surface area contributed by atoms with Crippen LogP contribution in [0.3, 0.4) is 0 Å². The van der Waals surface area contributed by atoms with Gasteiger partial charge in [-0.3, -0.25) is 45.5 Å². The lowest BCUT2D eigenvalue weighted by Crippen LogP contribution is -2.68. The van der Waals surface area contributed by atoms with Crippen molar-refractivity contribution in [1.82, 2.24) is 0 Å². The monoisotopic (exact) mass is 1720 g/mol. The molecule has 0 aromatic rings. The van der Waals surface area contributed by atoms with Crippen molar-refractivity contribution in [1.29, 1.82) is 0 Å². The molecule has 0 amide bonds. The molecule has 58 nitrogen and oxygen atoms in total. The van der Waals surface area contributed by atoms with E-state index in [2.05, 4.69) is 0 Å². The van der Waals surface area contributed by atoms with Gasteiger partial charge in [0.05, 0.1) is 62.8 Å². The van der Waals surface area contributed by atoms with Crippen molar-refractivity contribution in [3.63, 3.8) is 0 Å². The normalized spacial score (nSPS) is 44.1. The molecule has 0 unspecified atom stereocenters. The topological polar surface area (TPSA) is 1070 Å². The summed E-state index contributed by atoms with van der Waals surface area (Å²) in [5.74, 6) is 0. The summed E-state index contributed by atoms with van der Waals surface area (Å²) >= 11 is 0. The second kappa shape index (κ2) is 44.4. The molecule has 6 aliphatic heterocycles. The molecule has 0 bridgehead atoms. The Morgan fingerprint density at radius 2 is 0.431 bits per heavy atom. The lowest BCUT2D eigenvalue weighted by molar-refractivity contribution is -0.310. The van der Waals surface area contributed by atoms with Crippen LogP contribution >= 0.6 is 0 Å². The molecule has 8 rings (SSSR count). The summed E-state index contributed by atoms with van der Waals surface area (Å²) in [5, 5.41) is 165. The van der Waals surface area contributed by atoms with Crippen LogP contribution in [0.25, 0.3) is 0 Å². The third-order valence-electron chi connectivity index (χ3n) is 16.6.